The molecular formula is C53H43N3O. The second-order valence-electron chi connectivity index (χ2n) is 15.4. The fourth-order valence-electron chi connectivity index (χ4n) is 9.35. The quantitative estimate of drug-likeness (QED) is 0.153. The monoisotopic (exact) mass is 737 g/mol. The third-order valence-corrected chi connectivity index (χ3v) is 12.1. The number of allylic oxidation sites excluding steroid dienone is 1. The molecule has 0 saturated carbocycles. The SMILES string of the molecule is C=CCCc1c(C)oc2nc(-c3cccc(-c4ccccc4C)c3C)c(-n3c4ccccc4c4c5ccccc5c(-c5c(C)ccc6ccccc56)c(C)c43)nc12. The minimum atomic E-state index is 0.556. The van der Waals surface area contributed by atoms with Crippen molar-refractivity contribution in [2.45, 2.75) is 47.5 Å². The molecule has 0 radical (unpaired) electrons. The minimum Gasteiger partial charge on any atom is -0.441 e. The van der Waals surface area contributed by atoms with E-state index >= 15 is 0 Å². The van der Waals surface area contributed by atoms with Crippen LogP contribution in [-0.2, 0) is 6.42 Å². The highest BCUT2D eigenvalue weighted by Gasteiger charge is 2.27. The van der Waals surface area contributed by atoms with Crippen molar-refractivity contribution in [3.63, 3.8) is 0 Å². The fourth-order valence-corrected chi connectivity index (χ4v) is 9.35. The Morgan fingerprint density at radius 3 is 2.09 bits per heavy atom. The third-order valence-electron chi connectivity index (χ3n) is 12.1. The maximum absolute atomic E-state index is 6.47. The van der Waals surface area contributed by atoms with Gasteiger partial charge in [-0.05, 0) is 120 Å². The summed E-state index contributed by atoms with van der Waals surface area (Å²) in [6.45, 7) is 15.0. The zero-order chi connectivity index (χ0) is 38.9. The Morgan fingerprint density at radius 1 is 0.596 bits per heavy atom. The van der Waals surface area contributed by atoms with Gasteiger partial charge in [0.1, 0.15) is 17.0 Å². The van der Waals surface area contributed by atoms with E-state index in [1.54, 1.807) is 0 Å². The highest BCUT2D eigenvalue weighted by Crippen LogP contribution is 2.48. The predicted molar refractivity (Wildman–Crippen MR) is 240 cm³/mol. The lowest BCUT2D eigenvalue weighted by Crippen LogP contribution is -2.06. The van der Waals surface area contributed by atoms with Crippen LogP contribution >= 0.6 is 0 Å². The summed E-state index contributed by atoms with van der Waals surface area (Å²) in [6.07, 6.45) is 3.55. The lowest BCUT2D eigenvalue weighted by molar-refractivity contribution is 0.561. The number of aryl methyl sites for hydroxylation is 5. The van der Waals surface area contributed by atoms with Crippen molar-refractivity contribution < 1.29 is 4.42 Å². The molecular weight excluding hydrogens is 695 g/mol. The van der Waals surface area contributed by atoms with Gasteiger partial charge in [0.2, 0.25) is 5.71 Å². The van der Waals surface area contributed by atoms with Gasteiger partial charge in [-0.25, -0.2) is 9.97 Å². The Morgan fingerprint density at radius 2 is 1.28 bits per heavy atom. The normalized spacial score (nSPS) is 11.8. The Hall–Kier alpha value is -6.78. The van der Waals surface area contributed by atoms with E-state index < -0.39 is 0 Å². The van der Waals surface area contributed by atoms with Crippen LogP contribution in [-0.4, -0.2) is 14.5 Å². The van der Waals surface area contributed by atoms with Crippen LogP contribution in [0.15, 0.2) is 144 Å². The van der Waals surface area contributed by atoms with Gasteiger partial charge in [0.15, 0.2) is 5.82 Å². The van der Waals surface area contributed by atoms with Gasteiger partial charge in [-0.15, -0.1) is 6.58 Å². The standard InChI is InChI=1S/C53H43N3O/c1-7-8-20-40-35(6)57-53-50(40)54-52(49(55-53)39-27-17-26-38(33(39)4)37-21-11-9-18-31(37)2)56-45-28-16-15-25-44(45)48-43-24-14-13-23-42(43)47(34(5)51(48)56)46-32(3)29-30-36-19-10-12-22-41(36)46/h7,9-19,21-30H,1,8,20H2,2-6H3. The largest absolute Gasteiger partial charge is 0.441 e. The first-order valence-electron chi connectivity index (χ1n) is 19.9. The van der Waals surface area contributed by atoms with E-state index in [4.69, 9.17) is 14.4 Å². The maximum atomic E-state index is 6.47. The zero-order valence-corrected chi connectivity index (χ0v) is 33.1. The Kier molecular flexibility index (Phi) is 8.19. The van der Waals surface area contributed by atoms with Crippen LogP contribution in [0.5, 0.6) is 0 Å². The Labute approximate surface area is 332 Å². The van der Waals surface area contributed by atoms with E-state index in [9.17, 15) is 0 Å². The number of hydrogen-bond acceptors (Lipinski definition) is 3. The predicted octanol–water partition coefficient (Wildman–Crippen LogP) is 14.3. The van der Waals surface area contributed by atoms with Crippen molar-refractivity contribution in [1.82, 2.24) is 14.5 Å². The van der Waals surface area contributed by atoms with Gasteiger partial charge >= 0.3 is 0 Å². The number of nitrogens with zero attached hydrogens (tertiary/aromatic N) is 3. The first-order chi connectivity index (χ1) is 27.9. The lowest BCUT2D eigenvalue weighted by Gasteiger charge is -2.20. The summed E-state index contributed by atoms with van der Waals surface area (Å²) in [4.78, 5) is 11.2. The fraction of sp³-hybridized carbons (Fsp3) is 0.132. The van der Waals surface area contributed by atoms with Crippen LogP contribution in [0.3, 0.4) is 0 Å². The summed E-state index contributed by atoms with van der Waals surface area (Å²) >= 11 is 0. The summed E-state index contributed by atoms with van der Waals surface area (Å²) in [7, 11) is 0. The van der Waals surface area contributed by atoms with Gasteiger partial charge in [-0.1, -0.05) is 127 Å². The molecule has 4 nitrogen and oxygen atoms in total. The number of para-hydroxylation sites is 1. The summed E-state index contributed by atoms with van der Waals surface area (Å²) in [5, 5.41) is 7.33. The molecule has 4 heteroatoms. The Balaban J connectivity index is 1.40. The van der Waals surface area contributed by atoms with Gasteiger partial charge in [0, 0.05) is 21.9 Å². The Bertz CT molecular complexity index is 3270. The summed E-state index contributed by atoms with van der Waals surface area (Å²) in [5.74, 6) is 1.64. The van der Waals surface area contributed by atoms with Crippen LogP contribution in [0.2, 0.25) is 0 Å². The van der Waals surface area contributed by atoms with Crippen molar-refractivity contribution in [3.8, 4) is 39.3 Å². The van der Waals surface area contributed by atoms with Gasteiger partial charge < -0.3 is 4.42 Å². The molecule has 10 aromatic rings. The molecule has 0 spiro atoms. The van der Waals surface area contributed by atoms with E-state index in [2.05, 4.69) is 166 Å². The molecule has 0 saturated heterocycles. The molecule has 3 heterocycles. The van der Waals surface area contributed by atoms with Gasteiger partial charge in [-0.3, -0.25) is 4.57 Å². The lowest BCUT2D eigenvalue weighted by atomic mass is 9.86. The number of furan rings is 1. The molecule has 3 aromatic heterocycles. The van der Waals surface area contributed by atoms with Gasteiger partial charge in [0.25, 0.3) is 0 Å². The van der Waals surface area contributed by atoms with E-state index in [1.807, 2.05) is 13.0 Å². The molecule has 276 valence electrons. The van der Waals surface area contributed by atoms with Gasteiger partial charge in [-0.2, -0.15) is 0 Å². The van der Waals surface area contributed by atoms with Crippen LogP contribution in [0.1, 0.15) is 40.0 Å². The highest BCUT2D eigenvalue weighted by molar-refractivity contribution is 6.26. The zero-order valence-electron chi connectivity index (χ0n) is 33.1. The van der Waals surface area contributed by atoms with E-state index in [0.29, 0.717) is 5.71 Å². The minimum absolute atomic E-state index is 0.556. The molecule has 0 bridgehead atoms. The highest BCUT2D eigenvalue weighted by atomic mass is 16.3. The molecule has 0 amide bonds. The summed E-state index contributed by atoms with van der Waals surface area (Å²) < 4.78 is 8.88. The molecule has 0 unspecified atom stereocenters. The average Bonchev–Trinajstić information content (AvgIpc) is 3.74. The van der Waals surface area contributed by atoms with Crippen molar-refractivity contribution in [3.05, 3.63) is 174 Å². The van der Waals surface area contributed by atoms with Gasteiger partial charge in [0.05, 0.1) is 11.0 Å². The van der Waals surface area contributed by atoms with Crippen molar-refractivity contribution in [1.29, 1.82) is 0 Å². The molecule has 0 aliphatic heterocycles. The molecule has 0 fully saturated rings. The molecule has 7 aromatic carbocycles. The van der Waals surface area contributed by atoms with Crippen LogP contribution < -0.4 is 0 Å². The van der Waals surface area contributed by atoms with Crippen LogP contribution in [0.25, 0.3) is 93.9 Å². The molecule has 0 N–H and O–H groups in total. The van der Waals surface area contributed by atoms with Crippen LogP contribution in [0.4, 0.5) is 0 Å². The molecule has 57 heavy (non-hydrogen) atoms. The van der Waals surface area contributed by atoms with E-state index in [0.717, 1.165) is 63.4 Å². The third kappa shape index (κ3) is 5.28. The molecule has 10 rings (SSSR count). The molecule has 0 atom stereocenters. The number of rotatable bonds is 7. The smallest absolute Gasteiger partial charge is 0.246 e. The first-order valence-corrected chi connectivity index (χ1v) is 19.9. The topological polar surface area (TPSA) is 43.9 Å². The number of benzene rings is 7. The number of fused-ring (bicyclic) bond motifs is 7. The summed E-state index contributed by atoms with van der Waals surface area (Å²) in [6, 6.07) is 46.1. The molecule has 0 aliphatic rings. The number of hydrogen-bond donors (Lipinski definition) is 0. The first kappa shape index (κ1) is 34.7. The van der Waals surface area contributed by atoms with Crippen LogP contribution in [0, 0.1) is 34.6 Å². The van der Waals surface area contributed by atoms with Crippen molar-refractivity contribution in [2.24, 2.45) is 0 Å². The molecule has 0 aliphatic carbocycles. The second kappa shape index (κ2) is 13.5. The average molecular weight is 738 g/mol. The number of aromatic nitrogens is 3. The maximum Gasteiger partial charge on any atom is 0.246 e. The van der Waals surface area contributed by atoms with Crippen molar-refractivity contribution in [2.75, 3.05) is 0 Å². The summed E-state index contributed by atoms with van der Waals surface area (Å²) in [5.41, 5.74) is 16.2. The second-order valence-corrected chi connectivity index (χ2v) is 15.4. The van der Waals surface area contributed by atoms with E-state index in [-0.39, 0.29) is 0 Å². The van der Waals surface area contributed by atoms with E-state index in [1.165, 1.54) is 71.3 Å². The van der Waals surface area contributed by atoms with Crippen molar-refractivity contribution >= 4 is 54.6 Å².